The third kappa shape index (κ3) is 1.67. The van der Waals surface area contributed by atoms with Crippen LogP contribution in [0.2, 0.25) is 0 Å². The number of hydrogen-bond donors (Lipinski definition) is 3. The molecule has 3 N–H and O–H groups in total. The van der Waals surface area contributed by atoms with Crippen molar-refractivity contribution in [3.63, 3.8) is 0 Å². The summed E-state index contributed by atoms with van der Waals surface area (Å²) in [6, 6.07) is 4.29. The second-order valence-electron chi connectivity index (χ2n) is 6.73. The lowest BCUT2D eigenvalue weighted by Crippen LogP contribution is -2.62. The molecule has 2 aromatic rings. The number of fused-ring (bicyclic) bond motifs is 4. The van der Waals surface area contributed by atoms with Gasteiger partial charge in [-0.25, -0.2) is 0 Å². The molecule has 6 nitrogen and oxygen atoms in total. The predicted molar refractivity (Wildman–Crippen MR) is 85.4 cm³/mol. The van der Waals surface area contributed by atoms with Gasteiger partial charge in [0, 0.05) is 6.42 Å². The van der Waals surface area contributed by atoms with Crippen LogP contribution in [0.25, 0.3) is 17.0 Å². The zero-order chi connectivity index (χ0) is 17.3. The number of aromatic hydroxyl groups is 1. The van der Waals surface area contributed by atoms with E-state index in [1.807, 2.05) is 0 Å². The number of rotatable bonds is 0. The van der Waals surface area contributed by atoms with Crippen molar-refractivity contribution >= 4 is 22.8 Å². The standard InChI is InChI=1S/C18H16O6/c1-9-7-13(20)18(23)14-12(5-6-17(18,22)8-9)24-16-10(15(14)21)3-2-4-11(16)19/h2-6,9,19,22-23H,7-8H2,1H3/t9-,17+,18+/m1/s1. The summed E-state index contributed by atoms with van der Waals surface area (Å²) in [6.45, 7) is 1.81. The molecule has 0 saturated heterocycles. The monoisotopic (exact) mass is 328 g/mol. The number of aliphatic hydroxyl groups is 2. The van der Waals surface area contributed by atoms with Crippen molar-refractivity contribution in [2.75, 3.05) is 0 Å². The van der Waals surface area contributed by atoms with Gasteiger partial charge < -0.3 is 19.7 Å². The summed E-state index contributed by atoms with van der Waals surface area (Å²) in [6.07, 6.45) is 2.90. The summed E-state index contributed by atoms with van der Waals surface area (Å²) in [5.74, 6) is -0.965. The van der Waals surface area contributed by atoms with Gasteiger partial charge in [0.25, 0.3) is 0 Å². The predicted octanol–water partition coefficient (Wildman–Crippen LogP) is 1.44. The minimum atomic E-state index is -2.34. The summed E-state index contributed by atoms with van der Waals surface area (Å²) >= 11 is 0. The Kier molecular flexibility index (Phi) is 2.87. The van der Waals surface area contributed by atoms with Gasteiger partial charge in [0.05, 0.1) is 10.9 Å². The Morgan fingerprint density at radius 3 is 2.75 bits per heavy atom. The van der Waals surface area contributed by atoms with E-state index in [0.717, 1.165) is 0 Å². The van der Waals surface area contributed by atoms with Crippen LogP contribution in [-0.2, 0) is 10.4 Å². The van der Waals surface area contributed by atoms with Crippen LogP contribution in [0.1, 0.15) is 31.1 Å². The quantitative estimate of drug-likeness (QED) is 0.675. The first-order valence-electron chi connectivity index (χ1n) is 7.74. The molecule has 1 aromatic heterocycles. The van der Waals surface area contributed by atoms with Crippen LogP contribution in [-0.4, -0.2) is 26.7 Å². The van der Waals surface area contributed by atoms with Crippen molar-refractivity contribution in [3.05, 3.63) is 45.8 Å². The Hall–Kier alpha value is -2.44. The van der Waals surface area contributed by atoms with Gasteiger partial charge in [-0.2, -0.15) is 0 Å². The molecule has 6 heteroatoms. The first kappa shape index (κ1) is 15.1. The molecular weight excluding hydrogens is 312 g/mol. The van der Waals surface area contributed by atoms with Gasteiger partial charge >= 0.3 is 0 Å². The highest BCUT2D eigenvalue weighted by Gasteiger charge is 2.61. The second-order valence-corrected chi connectivity index (χ2v) is 6.73. The Labute approximate surface area is 136 Å². The number of hydrogen-bond acceptors (Lipinski definition) is 6. The molecule has 2 aliphatic carbocycles. The molecular formula is C18H16O6. The van der Waals surface area contributed by atoms with E-state index in [9.17, 15) is 24.9 Å². The minimum absolute atomic E-state index is 0.0171. The van der Waals surface area contributed by atoms with Crippen molar-refractivity contribution < 1.29 is 24.5 Å². The molecule has 0 spiro atoms. The number of phenols is 1. The first-order valence-corrected chi connectivity index (χ1v) is 7.74. The molecule has 1 fully saturated rings. The molecule has 2 aliphatic rings. The first-order chi connectivity index (χ1) is 11.3. The van der Waals surface area contributed by atoms with E-state index in [2.05, 4.69) is 0 Å². The zero-order valence-corrected chi connectivity index (χ0v) is 12.9. The average Bonchev–Trinajstić information content (AvgIpc) is 2.51. The average molecular weight is 328 g/mol. The van der Waals surface area contributed by atoms with Gasteiger partial charge in [-0.15, -0.1) is 0 Å². The molecule has 1 saturated carbocycles. The van der Waals surface area contributed by atoms with Crippen molar-refractivity contribution in [1.29, 1.82) is 0 Å². The highest BCUT2D eigenvalue weighted by molar-refractivity contribution is 5.95. The topological polar surface area (TPSA) is 108 Å². The third-order valence-electron chi connectivity index (χ3n) is 5.02. The molecule has 1 aromatic carbocycles. The fraction of sp³-hybridized carbons (Fsp3) is 0.333. The molecule has 0 radical (unpaired) electrons. The lowest BCUT2D eigenvalue weighted by molar-refractivity contribution is -0.181. The van der Waals surface area contributed by atoms with Crippen molar-refractivity contribution in [2.45, 2.75) is 31.0 Å². The van der Waals surface area contributed by atoms with E-state index >= 15 is 0 Å². The SMILES string of the molecule is C[C@@H]1CC(=O)[C@]2(O)c3c(oc4c(O)cccc4c3=O)C=C[C@]2(O)C1. The Morgan fingerprint density at radius 2 is 2.00 bits per heavy atom. The molecule has 0 amide bonds. The summed E-state index contributed by atoms with van der Waals surface area (Å²) in [4.78, 5) is 25.5. The van der Waals surface area contributed by atoms with E-state index in [4.69, 9.17) is 4.42 Å². The van der Waals surface area contributed by atoms with Crippen LogP contribution in [0.15, 0.2) is 33.5 Å². The van der Waals surface area contributed by atoms with E-state index in [1.54, 1.807) is 6.92 Å². The number of carbonyl (C=O) groups excluding carboxylic acids is 1. The van der Waals surface area contributed by atoms with E-state index in [-0.39, 0.29) is 46.8 Å². The summed E-state index contributed by atoms with van der Waals surface area (Å²) < 4.78 is 5.57. The highest BCUT2D eigenvalue weighted by atomic mass is 16.4. The number of Topliss-reactive ketones (excluding diaryl/α,β-unsaturated/α-hetero) is 1. The third-order valence-corrected chi connectivity index (χ3v) is 5.02. The molecule has 24 heavy (non-hydrogen) atoms. The van der Waals surface area contributed by atoms with Crippen LogP contribution in [0, 0.1) is 5.92 Å². The number of ketones is 1. The molecule has 0 bridgehead atoms. The maximum Gasteiger partial charge on any atom is 0.200 e. The largest absolute Gasteiger partial charge is 0.504 e. The smallest absolute Gasteiger partial charge is 0.200 e. The zero-order valence-electron chi connectivity index (χ0n) is 12.9. The van der Waals surface area contributed by atoms with Crippen LogP contribution in [0.5, 0.6) is 5.75 Å². The second kappa shape index (κ2) is 4.55. The molecule has 3 atom stereocenters. The summed E-state index contributed by atoms with van der Waals surface area (Å²) in [5.41, 5.74) is -5.10. The summed E-state index contributed by atoms with van der Waals surface area (Å²) in [5, 5.41) is 32.0. The Bertz CT molecular complexity index is 971. The number of para-hydroxylation sites is 1. The lowest BCUT2D eigenvalue weighted by Gasteiger charge is -2.47. The highest BCUT2D eigenvalue weighted by Crippen LogP contribution is 2.48. The molecule has 1 heterocycles. The van der Waals surface area contributed by atoms with Gasteiger partial charge in [-0.05, 0) is 36.6 Å². The van der Waals surface area contributed by atoms with E-state index < -0.39 is 22.4 Å². The van der Waals surface area contributed by atoms with Gasteiger partial charge in [0.1, 0.15) is 11.4 Å². The van der Waals surface area contributed by atoms with Crippen LogP contribution in [0.4, 0.5) is 0 Å². The molecule has 124 valence electrons. The minimum Gasteiger partial charge on any atom is -0.504 e. The Morgan fingerprint density at radius 1 is 1.25 bits per heavy atom. The maximum atomic E-state index is 12.9. The maximum absolute atomic E-state index is 12.9. The van der Waals surface area contributed by atoms with E-state index in [0.29, 0.717) is 0 Å². The van der Waals surface area contributed by atoms with Crippen molar-refractivity contribution in [3.8, 4) is 5.75 Å². The van der Waals surface area contributed by atoms with Crippen LogP contribution in [0.3, 0.4) is 0 Å². The van der Waals surface area contributed by atoms with Crippen molar-refractivity contribution in [1.82, 2.24) is 0 Å². The van der Waals surface area contributed by atoms with Gasteiger partial charge in [0.15, 0.2) is 28.1 Å². The van der Waals surface area contributed by atoms with Crippen LogP contribution >= 0.6 is 0 Å². The fourth-order valence-electron chi connectivity index (χ4n) is 3.89. The van der Waals surface area contributed by atoms with Gasteiger partial charge in [0.2, 0.25) is 0 Å². The van der Waals surface area contributed by atoms with E-state index in [1.165, 1.54) is 30.4 Å². The number of carbonyl (C=O) groups is 1. The number of phenolic OH excluding ortho intramolecular Hbond substituents is 1. The molecule has 0 unspecified atom stereocenters. The number of benzene rings is 1. The molecule has 4 rings (SSSR count). The fourth-order valence-corrected chi connectivity index (χ4v) is 3.89. The summed E-state index contributed by atoms with van der Waals surface area (Å²) in [7, 11) is 0. The van der Waals surface area contributed by atoms with Gasteiger partial charge in [-0.3, -0.25) is 9.59 Å². The normalized spacial score (nSPS) is 31.8. The van der Waals surface area contributed by atoms with Crippen LogP contribution < -0.4 is 5.43 Å². The van der Waals surface area contributed by atoms with Crippen molar-refractivity contribution in [2.24, 2.45) is 5.92 Å². The molecule has 0 aliphatic heterocycles. The van der Waals surface area contributed by atoms with Gasteiger partial charge in [-0.1, -0.05) is 13.0 Å². The lowest BCUT2D eigenvalue weighted by atomic mass is 9.62. The Balaban J connectivity index is 2.12.